The Hall–Kier alpha value is -1.68. The molecule has 1 aliphatic heterocycles. The molecule has 0 spiro atoms. The van der Waals surface area contributed by atoms with Gasteiger partial charge in [-0.1, -0.05) is 11.3 Å². The van der Waals surface area contributed by atoms with Crippen molar-refractivity contribution in [2.75, 3.05) is 18.0 Å². The van der Waals surface area contributed by atoms with E-state index in [9.17, 15) is 18.0 Å². The quantitative estimate of drug-likeness (QED) is 0.555. The van der Waals surface area contributed by atoms with Crippen LogP contribution in [0.2, 0.25) is 0 Å². The fraction of sp³-hybridized carbons (Fsp3) is 0.357. The SMILES string of the molecule is O=Cc1nc(Br)ccc1N1CC[C@H](Oc2nc(C(F)(F)F)cs2)C1. The van der Waals surface area contributed by atoms with Gasteiger partial charge < -0.3 is 9.64 Å². The van der Waals surface area contributed by atoms with Gasteiger partial charge >= 0.3 is 6.18 Å². The van der Waals surface area contributed by atoms with E-state index in [0.717, 1.165) is 16.7 Å². The topological polar surface area (TPSA) is 55.3 Å². The predicted molar refractivity (Wildman–Crippen MR) is 85.7 cm³/mol. The monoisotopic (exact) mass is 421 g/mol. The zero-order valence-corrected chi connectivity index (χ0v) is 14.5. The van der Waals surface area contributed by atoms with Crippen LogP contribution in [0.4, 0.5) is 18.9 Å². The van der Waals surface area contributed by atoms with Gasteiger partial charge in [0.2, 0.25) is 0 Å². The summed E-state index contributed by atoms with van der Waals surface area (Å²) in [7, 11) is 0. The third-order valence-electron chi connectivity index (χ3n) is 3.51. The van der Waals surface area contributed by atoms with Crippen molar-refractivity contribution in [2.24, 2.45) is 0 Å². The number of alkyl halides is 3. The average molecular weight is 422 g/mol. The largest absolute Gasteiger partial charge is 0.465 e. The first-order chi connectivity index (χ1) is 11.4. The summed E-state index contributed by atoms with van der Waals surface area (Å²) in [5, 5.41) is 0.935. The normalized spacial score (nSPS) is 18.0. The highest BCUT2D eigenvalue weighted by molar-refractivity contribution is 9.10. The molecule has 1 atom stereocenters. The third kappa shape index (κ3) is 3.69. The first-order valence-electron chi connectivity index (χ1n) is 6.93. The van der Waals surface area contributed by atoms with Crippen molar-refractivity contribution in [3.63, 3.8) is 0 Å². The van der Waals surface area contributed by atoms with E-state index in [1.54, 1.807) is 12.1 Å². The van der Waals surface area contributed by atoms with Gasteiger partial charge in [-0.3, -0.25) is 4.79 Å². The number of aldehydes is 1. The van der Waals surface area contributed by atoms with Crippen molar-refractivity contribution in [1.82, 2.24) is 9.97 Å². The minimum atomic E-state index is -4.47. The maximum absolute atomic E-state index is 12.6. The van der Waals surface area contributed by atoms with E-state index in [4.69, 9.17) is 4.74 Å². The smallest absolute Gasteiger partial charge is 0.434 e. The Morgan fingerprint density at radius 3 is 2.83 bits per heavy atom. The number of thiazole rings is 1. The number of anilines is 1. The minimum Gasteiger partial charge on any atom is -0.465 e. The van der Waals surface area contributed by atoms with Gasteiger partial charge in [0.25, 0.3) is 5.19 Å². The van der Waals surface area contributed by atoms with Gasteiger partial charge in [-0.05, 0) is 28.1 Å². The number of carbonyl (C=O) groups excluding carboxylic acids is 1. The van der Waals surface area contributed by atoms with Crippen molar-refractivity contribution in [3.8, 4) is 5.19 Å². The molecule has 3 heterocycles. The van der Waals surface area contributed by atoms with Crippen LogP contribution >= 0.6 is 27.3 Å². The highest BCUT2D eigenvalue weighted by Gasteiger charge is 2.35. The van der Waals surface area contributed by atoms with E-state index in [2.05, 4.69) is 25.9 Å². The van der Waals surface area contributed by atoms with Gasteiger partial charge in [0.05, 0.1) is 12.2 Å². The molecule has 0 radical (unpaired) electrons. The summed E-state index contributed by atoms with van der Waals surface area (Å²) < 4.78 is 43.8. The molecule has 0 unspecified atom stereocenters. The summed E-state index contributed by atoms with van der Waals surface area (Å²) >= 11 is 4.03. The summed E-state index contributed by atoms with van der Waals surface area (Å²) in [6.45, 7) is 1.07. The third-order valence-corrected chi connectivity index (χ3v) is 4.68. The Kier molecular flexibility index (Phi) is 4.77. The van der Waals surface area contributed by atoms with Crippen LogP contribution in [0.5, 0.6) is 5.19 Å². The average Bonchev–Trinajstić information content (AvgIpc) is 3.16. The van der Waals surface area contributed by atoms with Crippen LogP contribution in [0.15, 0.2) is 22.1 Å². The molecule has 128 valence electrons. The maximum Gasteiger partial charge on any atom is 0.434 e. The second-order valence-electron chi connectivity index (χ2n) is 5.13. The van der Waals surface area contributed by atoms with Gasteiger partial charge in [-0.15, -0.1) is 0 Å². The summed E-state index contributed by atoms with van der Waals surface area (Å²) in [6.07, 6.45) is -3.47. The Labute approximate surface area is 147 Å². The molecule has 0 saturated carbocycles. The van der Waals surface area contributed by atoms with Gasteiger partial charge in [-0.2, -0.15) is 18.2 Å². The minimum absolute atomic E-state index is 0.00119. The summed E-state index contributed by atoms with van der Waals surface area (Å²) in [4.78, 5) is 20.6. The van der Waals surface area contributed by atoms with Gasteiger partial charge in [0.15, 0.2) is 12.0 Å². The molecule has 0 amide bonds. The highest BCUT2D eigenvalue weighted by Crippen LogP contribution is 2.34. The Bertz CT molecular complexity index is 753. The van der Waals surface area contributed by atoms with E-state index < -0.39 is 11.9 Å². The lowest BCUT2D eigenvalue weighted by Gasteiger charge is -2.19. The molecule has 0 aliphatic carbocycles. The molecular formula is C14H11BrF3N3O2S. The number of halogens is 4. The van der Waals surface area contributed by atoms with Gasteiger partial charge in [0, 0.05) is 18.3 Å². The molecule has 1 fully saturated rings. The Morgan fingerprint density at radius 1 is 1.38 bits per heavy atom. The molecule has 24 heavy (non-hydrogen) atoms. The second-order valence-corrected chi connectivity index (χ2v) is 6.76. The van der Waals surface area contributed by atoms with E-state index in [0.29, 0.717) is 41.8 Å². The molecule has 1 aliphatic rings. The highest BCUT2D eigenvalue weighted by atomic mass is 79.9. The Morgan fingerprint density at radius 2 is 2.17 bits per heavy atom. The van der Waals surface area contributed by atoms with Crippen molar-refractivity contribution < 1.29 is 22.7 Å². The molecular weight excluding hydrogens is 411 g/mol. The van der Waals surface area contributed by atoms with Crippen molar-refractivity contribution >= 4 is 39.2 Å². The molecule has 1 saturated heterocycles. The fourth-order valence-corrected chi connectivity index (χ4v) is 3.49. The lowest BCUT2D eigenvalue weighted by Crippen LogP contribution is -2.25. The predicted octanol–water partition coefficient (Wildman–Crippen LogP) is 3.79. The number of pyridine rings is 1. The summed E-state index contributed by atoms with van der Waals surface area (Å²) in [5.41, 5.74) is 0.0331. The molecule has 3 rings (SSSR count). The molecule has 0 N–H and O–H groups in total. The maximum atomic E-state index is 12.6. The van der Waals surface area contributed by atoms with E-state index in [1.165, 1.54) is 0 Å². The first kappa shape index (κ1) is 17.2. The number of hydrogen-bond acceptors (Lipinski definition) is 6. The number of nitrogens with zero attached hydrogens (tertiary/aromatic N) is 3. The van der Waals surface area contributed by atoms with Crippen LogP contribution < -0.4 is 9.64 Å². The van der Waals surface area contributed by atoms with Gasteiger partial charge in [0.1, 0.15) is 16.4 Å². The number of carbonyl (C=O) groups is 1. The number of aromatic nitrogens is 2. The summed E-state index contributed by atoms with van der Waals surface area (Å²) in [5.74, 6) is 0. The molecule has 10 heteroatoms. The van der Waals surface area contributed by atoms with Crippen LogP contribution in [0, 0.1) is 0 Å². The zero-order chi connectivity index (χ0) is 17.3. The lowest BCUT2D eigenvalue weighted by molar-refractivity contribution is -0.140. The Balaban J connectivity index is 1.68. The van der Waals surface area contributed by atoms with E-state index in [-0.39, 0.29) is 11.3 Å². The second kappa shape index (κ2) is 6.67. The van der Waals surface area contributed by atoms with Crippen LogP contribution in [0.1, 0.15) is 22.6 Å². The molecule has 0 aromatic carbocycles. The zero-order valence-electron chi connectivity index (χ0n) is 12.1. The fourth-order valence-electron chi connectivity index (χ4n) is 2.42. The number of ether oxygens (including phenoxy) is 1. The molecule has 5 nitrogen and oxygen atoms in total. The van der Waals surface area contributed by atoms with Crippen molar-refractivity contribution in [3.05, 3.63) is 33.5 Å². The molecule has 2 aromatic rings. The standard InChI is InChI=1S/C14H11BrF3N3O2S/c15-12-2-1-10(9(6-22)19-12)21-4-3-8(5-21)23-13-20-11(7-24-13)14(16,17)18/h1-2,6-8H,3-5H2/t8-/m0/s1. The van der Waals surface area contributed by atoms with Crippen LogP contribution in [0.3, 0.4) is 0 Å². The number of hydrogen-bond donors (Lipinski definition) is 0. The number of rotatable bonds is 4. The van der Waals surface area contributed by atoms with Crippen LogP contribution in [-0.2, 0) is 6.18 Å². The first-order valence-corrected chi connectivity index (χ1v) is 8.60. The molecule has 2 aromatic heterocycles. The summed E-state index contributed by atoms with van der Waals surface area (Å²) in [6, 6.07) is 3.50. The van der Waals surface area contributed by atoms with Gasteiger partial charge in [-0.25, -0.2) is 4.98 Å². The lowest BCUT2D eigenvalue weighted by atomic mass is 10.3. The van der Waals surface area contributed by atoms with Crippen molar-refractivity contribution in [1.29, 1.82) is 0 Å². The van der Waals surface area contributed by atoms with Crippen LogP contribution in [0.25, 0.3) is 0 Å². The molecule has 0 bridgehead atoms. The van der Waals surface area contributed by atoms with E-state index >= 15 is 0 Å². The van der Waals surface area contributed by atoms with E-state index in [1.807, 2.05) is 4.90 Å². The van der Waals surface area contributed by atoms with Crippen molar-refractivity contribution in [2.45, 2.75) is 18.7 Å². The van der Waals surface area contributed by atoms with Crippen LogP contribution in [-0.4, -0.2) is 35.4 Å².